The van der Waals surface area contributed by atoms with Crippen LogP contribution in [0.15, 0.2) is 35.2 Å². The minimum Gasteiger partial charge on any atom is -0.392 e. The molecule has 3 nitrogen and oxygen atoms in total. The van der Waals surface area contributed by atoms with Gasteiger partial charge in [-0.15, -0.1) is 0 Å². The number of rotatable bonds is 2. The van der Waals surface area contributed by atoms with E-state index < -0.39 is 21.2 Å². The maximum absolute atomic E-state index is 12.7. The third kappa shape index (κ3) is 3.07. The summed E-state index contributed by atoms with van der Waals surface area (Å²) in [6, 6.07) is 8.48. The number of benzene rings is 1. The van der Waals surface area contributed by atoms with E-state index in [0.29, 0.717) is 23.7 Å². The standard InChI is InChI=1S/C16H24O3S/c1-16(2,3)12-9-10-14(17)15(11-12)20(18,19)13-7-5-4-6-8-13/h4-8,12,14-15,17H,9-11H2,1-3H3/t12?,14-,15-/m1/s1. The Balaban J connectivity index is 2.30. The van der Waals surface area contributed by atoms with E-state index in [1.54, 1.807) is 30.3 Å². The van der Waals surface area contributed by atoms with Crippen molar-refractivity contribution in [2.45, 2.75) is 56.3 Å². The molecule has 0 heterocycles. The molecule has 3 atom stereocenters. The highest BCUT2D eigenvalue weighted by Gasteiger charge is 2.42. The van der Waals surface area contributed by atoms with Gasteiger partial charge in [-0.05, 0) is 42.7 Å². The molecule has 20 heavy (non-hydrogen) atoms. The van der Waals surface area contributed by atoms with Crippen molar-refractivity contribution >= 4 is 9.84 Å². The van der Waals surface area contributed by atoms with E-state index in [1.165, 1.54) is 0 Å². The van der Waals surface area contributed by atoms with E-state index in [9.17, 15) is 13.5 Å². The van der Waals surface area contributed by atoms with Gasteiger partial charge in [-0.25, -0.2) is 8.42 Å². The van der Waals surface area contributed by atoms with Crippen molar-refractivity contribution < 1.29 is 13.5 Å². The van der Waals surface area contributed by atoms with Crippen LogP contribution in [-0.4, -0.2) is 24.9 Å². The van der Waals surface area contributed by atoms with Crippen molar-refractivity contribution in [2.75, 3.05) is 0 Å². The Morgan fingerprint density at radius 1 is 1.10 bits per heavy atom. The normalized spacial score (nSPS) is 28.3. The highest BCUT2D eigenvalue weighted by atomic mass is 32.2. The van der Waals surface area contributed by atoms with E-state index >= 15 is 0 Å². The minimum atomic E-state index is -3.45. The van der Waals surface area contributed by atoms with Crippen molar-refractivity contribution in [3.63, 3.8) is 0 Å². The lowest BCUT2D eigenvalue weighted by Crippen LogP contribution is -2.42. The van der Waals surface area contributed by atoms with E-state index in [-0.39, 0.29) is 5.41 Å². The number of aliphatic hydroxyl groups excluding tert-OH is 1. The molecule has 1 aromatic carbocycles. The number of hydrogen-bond donors (Lipinski definition) is 1. The average molecular weight is 296 g/mol. The zero-order chi connectivity index (χ0) is 15.0. The van der Waals surface area contributed by atoms with Gasteiger partial charge in [0.25, 0.3) is 0 Å². The van der Waals surface area contributed by atoms with Crippen molar-refractivity contribution in [1.29, 1.82) is 0 Å². The molecule has 0 spiro atoms. The number of sulfone groups is 1. The lowest BCUT2D eigenvalue weighted by molar-refractivity contribution is 0.0757. The minimum absolute atomic E-state index is 0.0740. The predicted octanol–water partition coefficient (Wildman–Crippen LogP) is 3.04. The van der Waals surface area contributed by atoms with Crippen LogP contribution in [0.5, 0.6) is 0 Å². The molecule has 1 saturated carbocycles. The van der Waals surface area contributed by atoms with Crippen molar-refractivity contribution in [2.24, 2.45) is 11.3 Å². The maximum atomic E-state index is 12.7. The maximum Gasteiger partial charge on any atom is 0.183 e. The van der Waals surface area contributed by atoms with Crippen LogP contribution in [0.3, 0.4) is 0 Å². The molecule has 4 heteroatoms. The zero-order valence-corrected chi connectivity index (χ0v) is 13.2. The van der Waals surface area contributed by atoms with E-state index in [0.717, 1.165) is 6.42 Å². The lowest BCUT2D eigenvalue weighted by Gasteiger charge is -2.39. The molecule has 1 N–H and O–H groups in total. The van der Waals surface area contributed by atoms with Gasteiger partial charge in [-0.1, -0.05) is 39.0 Å². The first kappa shape index (κ1) is 15.5. The van der Waals surface area contributed by atoms with Crippen LogP contribution in [0.4, 0.5) is 0 Å². The van der Waals surface area contributed by atoms with Gasteiger partial charge in [0.2, 0.25) is 0 Å². The molecular formula is C16H24O3S. The first-order valence-corrected chi connectivity index (χ1v) is 8.74. The SMILES string of the molecule is CC(C)(C)C1CC[C@@H](O)[C@H](S(=O)(=O)c2ccccc2)C1. The summed E-state index contributed by atoms with van der Waals surface area (Å²) in [6.07, 6.45) is 1.25. The van der Waals surface area contributed by atoms with E-state index in [1.807, 2.05) is 0 Å². The Hall–Kier alpha value is -0.870. The third-order valence-electron chi connectivity index (χ3n) is 4.45. The summed E-state index contributed by atoms with van der Waals surface area (Å²) >= 11 is 0. The second-order valence-corrected chi connectivity index (χ2v) is 9.01. The lowest BCUT2D eigenvalue weighted by atomic mass is 9.71. The van der Waals surface area contributed by atoms with Gasteiger partial charge in [-0.2, -0.15) is 0 Å². The summed E-state index contributed by atoms with van der Waals surface area (Å²) in [5, 5.41) is 9.49. The summed E-state index contributed by atoms with van der Waals surface area (Å²) in [5.74, 6) is 0.328. The number of aliphatic hydroxyl groups is 1. The van der Waals surface area contributed by atoms with Crippen LogP contribution < -0.4 is 0 Å². The molecule has 0 radical (unpaired) electrons. The topological polar surface area (TPSA) is 54.4 Å². The molecule has 1 unspecified atom stereocenters. The molecule has 1 fully saturated rings. The molecule has 0 amide bonds. The second kappa shape index (κ2) is 5.49. The largest absolute Gasteiger partial charge is 0.392 e. The first-order chi connectivity index (χ1) is 9.23. The average Bonchev–Trinajstić information content (AvgIpc) is 2.38. The molecule has 0 aromatic heterocycles. The van der Waals surface area contributed by atoms with Crippen LogP contribution in [-0.2, 0) is 9.84 Å². The van der Waals surface area contributed by atoms with Crippen LogP contribution in [0.1, 0.15) is 40.0 Å². The summed E-state index contributed by atoms with van der Waals surface area (Å²) in [5.41, 5.74) is 0.0740. The molecule has 2 rings (SSSR count). The van der Waals surface area contributed by atoms with Crippen LogP contribution in [0.2, 0.25) is 0 Å². The van der Waals surface area contributed by atoms with Gasteiger partial charge in [-0.3, -0.25) is 0 Å². The molecule has 112 valence electrons. The third-order valence-corrected chi connectivity index (χ3v) is 6.68. The summed E-state index contributed by atoms with van der Waals surface area (Å²) in [4.78, 5) is 0.318. The van der Waals surface area contributed by atoms with Gasteiger partial charge in [0.05, 0.1) is 16.2 Å². The van der Waals surface area contributed by atoms with Gasteiger partial charge in [0.15, 0.2) is 9.84 Å². The Kier molecular flexibility index (Phi) is 4.26. The Morgan fingerprint density at radius 3 is 2.25 bits per heavy atom. The van der Waals surface area contributed by atoms with E-state index in [2.05, 4.69) is 20.8 Å². The van der Waals surface area contributed by atoms with Gasteiger partial charge in [0, 0.05) is 0 Å². The Morgan fingerprint density at radius 2 is 1.70 bits per heavy atom. The van der Waals surface area contributed by atoms with Crippen LogP contribution in [0, 0.1) is 11.3 Å². The molecular weight excluding hydrogens is 272 g/mol. The highest BCUT2D eigenvalue weighted by molar-refractivity contribution is 7.92. The zero-order valence-electron chi connectivity index (χ0n) is 12.4. The first-order valence-electron chi connectivity index (χ1n) is 7.20. The summed E-state index contributed by atoms with van der Waals surface area (Å²) in [6.45, 7) is 6.42. The Bertz CT molecular complexity index is 543. The fourth-order valence-electron chi connectivity index (χ4n) is 3.02. The second-order valence-electron chi connectivity index (χ2n) is 6.84. The monoisotopic (exact) mass is 296 g/mol. The fourth-order valence-corrected chi connectivity index (χ4v) is 4.94. The van der Waals surface area contributed by atoms with Crippen LogP contribution >= 0.6 is 0 Å². The highest BCUT2D eigenvalue weighted by Crippen LogP contribution is 2.41. The number of hydrogen-bond acceptors (Lipinski definition) is 3. The van der Waals surface area contributed by atoms with Crippen molar-refractivity contribution in [3.05, 3.63) is 30.3 Å². The molecule has 0 saturated heterocycles. The van der Waals surface area contributed by atoms with E-state index in [4.69, 9.17) is 0 Å². The molecule has 1 aliphatic rings. The van der Waals surface area contributed by atoms with Gasteiger partial charge in [0.1, 0.15) is 0 Å². The molecule has 1 aromatic rings. The smallest absolute Gasteiger partial charge is 0.183 e. The van der Waals surface area contributed by atoms with Crippen LogP contribution in [0.25, 0.3) is 0 Å². The summed E-state index contributed by atoms with van der Waals surface area (Å²) in [7, 11) is -3.45. The predicted molar refractivity (Wildman–Crippen MR) is 80.2 cm³/mol. The fraction of sp³-hybridized carbons (Fsp3) is 0.625. The quantitative estimate of drug-likeness (QED) is 0.912. The van der Waals surface area contributed by atoms with Gasteiger partial charge < -0.3 is 5.11 Å². The molecule has 0 bridgehead atoms. The van der Waals surface area contributed by atoms with Gasteiger partial charge >= 0.3 is 0 Å². The van der Waals surface area contributed by atoms with Crippen molar-refractivity contribution in [1.82, 2.24) is 0 Å². The molecule has 0 aliphatic heterocycles. The summed E-state index contributed by atoms with van der Waals surface area (Å²) < 4.78 is 25.4. The molecule has 1 aliphatic carbocycles. The van der Waals surface area contributed by atoms with Crippen molar-refractivity contribution in [3.8, 4) is 0 Å². The Labute approximate surface area is 121 Å².